The third-order valence-electron chi connectivity index (χ3n) is 2.68. The Morgan fingerprint density at radius 3 is 2.65 bits per heavy atom. The van der Waals surface area contributed by atoms with Crippen LogP contribution in [0.15, 0.2) is 18.3 Å². The van der Waals surface area contributed by atoms with Gasteiger partial charge in [-0.05, 0) is 18.9 Å². The lowest BCUT2D eigenvalue weighted by Crippen LogP contribution is -2.20. The Balaban J connectivity index is 2.15. The van der Waals surface area contributed by atoms with Crippen molar-refractivity contribution in [3.8, 4) is 5.88 Å². The van der Waals surface area contributed by atoms with E-state index < -0.39 is 0 Å². The molecule has 110 valence electrons. The first-order valence-electron chi connectivity index (χ1n) is 6.66. The number of amides is 2. The highest BCUT2D eigenvalue weighted by Crippen LogP contribution is 2.11. The summed E-state index contributed by atoms with van der Waals surface area (Å²) < 4.78 is 4.94. The van der Waals surface area contributed by atoms with E-state index in [1.807, 2.05) is 0 Å². The van der Waals surface area contributed by atoms with Crippen molar-refractivity contribution in [2.75, 3.05) is 19.0 Å². The van der Waals surface area contributed by atoms with Crippen LogP contribution >= 0.6 is 0 Å². The second-order valence-corrected chi connectivity index (χ2v) is 4.43. The van der Waals surface area contributed by atoms with Crippen LogP contribution in [0.2, 0.25) is 0 Å². The molecule has 1 aromatic heterocycles. The lowest BCUT2D eigenvalue weighted by molar-refractivity contribution is -0.119. The fraction of sp³-hybridized carbons (Fsp3) is 0.500. The van der Waals surface area contributed by atoms with Crippen molar-refractivity contribution in [2.45, 2.75) is 32.6 Å². The molecule has 1 heterocycles. The van der Waals surface area contributed by atoms with Crippen LogP contribution in [0.3, 0.4) is 0 Å². The predicted molar refractivity (Wildman–Crippen MR) is 76.6 cm³/mol. The molecule has 6 heteroatoms. The number of nitrogens with one attached hydrogen (secondary N) is 2. The Morgan fingerprint density at radius 1 is 1.25 bits per heavy atom. The number of rotatable bonds is 8. The highest BCUT2D eigenvalue weighted by Gasteiger charge is 2.03. The van der Waals surface area contributed by atoms with Gasteiger partial charge in [0.15, 0.2) is 0 Å². The molecule has 6 nitrogen and oxygen atoms in total. The van der Waals surface area contributed by atoms with Gasteiger partial charge in [-0.15, -0.1) is 0 Å². The van der Waals surface area contributed by atoms with Crippen LogP contribution in [-0.4, -0.2) is 30.5 Å². The van der Waals surface area contributed by atoms with E-state index in [9.17, 15) is 9.59 Å². The lowest BCUT2D eigenvalue weighted by atomic mass is 10.2. The summed E-state index contributed by atoms with van der Waals surface area (Å²) in [6.07, 6.45) is 4.63. The second-order valence-electron chi connectivity index (χ2n) is 4.43. The molecule has 1 rings (SSSR count). The molecule has 0 aromatic carbocycles. The van der Waals surface area contributed by atoms with E-state index in [0.29, 0.717) is 24.5 Å². The zero-order chi connectivity index (χ0) is 14.8. The number of aromatic nitrogens is 1. The SMILES string of the molecule is COc1ccc(NC(=O)CCCCCNC(C)=O)cn1. The van der Waals surface area contributed by atoms with Crippen LogP contribution in [0, 0.1) is 0 Å². The molecule has 0 unspecified atom stereocenters. The maximum Gasteiger partial charge on any atom is 0.224 e. The molecule has 0 aliphatic carbocycles. The quantitative estimate of drug-likeness (QED) is 0.710. The molecular formula is C14H21N3O3. The largest absolute Gasteiger partial charge is 0.481 e. The first-order valence-corrected chi connectivity index (χ1v) is 6.66. The van der Waals surface area contributed by atoms with E-state index in [4.69, 9.17) is 4.74 Å². The van der Waals surface area contributed by atoms with E-state index in [1.165, 1.54) is 6.92 Å². The number of carbonyl (C=O) groups excluding carboxylic acids is 2. The van der Waals surface area contributed by atoms with Crippen molar-refractivity contribution in [3.63, 3.8) is 0 Å². The number of pyridine rings is 1. The molecule has 0 aliphatic heterocycles. The summed E-state index contributed by atoms with van der Waals surface area (Å²) in [7, 11) is 1.54. The normalized spacial score (nSPS) is 9.90. The smallest absolute Gasteiger partial charge is 0.224 e. The minimum atomic E-state index is -0.0310. The van der Waals surface area contributed by atoms with Gasteiger partial charge in [-0.25, -0.2) is 4.98 Å². The van der Waals surface area contributed by atoms with Crippen molar-refractivity contribution < 1.29 is 14.3 Å². The highest BCUT2D eigenvalue weighted by molar-refractivity contribution is 5.90. The molecule has 20 heavy (non-hydrogen) atoms. The first-order chi connectivity index (χ1) is 9.61. The Kier molecular flexibility index (Phi) is 7.10. The van der Waals surface area contributed by atoms with Crippen molar-refractivity contribution in [3.05, 3.63) is 18.3 Å². The van der Waals surface area contributed by atoms with E-state index in [2.05, 4.69) is 15.6 Å². The van der Waals surface area contributed by atoms with Crippen molar-refractivity contribution in [1.82, 2.24) is 10.3 Å². The van der Waals surface area contributed by atoms with Gasteiger partial charge in [0.1, 0.15) is 0 Å². The van der Waals surface area contributed by atoms with Gasteiger partial charge in [-0.1, -0.05) is 6.42 Å². The number of unbranched alkanes of at least 4 members (excludes halogenated alkanes) is 2. The number of nitrogens with zero attached hydrogens (tertiary/aromatic N) is 1. The molecule has 0 atom stereocenters. The molecular weight excluding hydrogens is 258 g/mol. The summed E-state index contributed by atoms with van der Waals surface area (Å²) >= 11 is 0. The standard InChI is InChI=1S/C14H21N3O3/c1-11(18)15-9-5-3-4-6-13(19)17-12-7-8-14(20-2)16-10-12/h7-8,10H,3-6,9H2,1-2H3,(H,15,18)(H,17,19). The maximum atomic E-state index is 11.7. The van der Waals surface area contributed by atoms with Crippen LogP contribution in [0.5, 0.6) is 5.88 Å². The van der Waals surface area contributed by atoms with Gasteiger partial charge in [-0.3, -0.25) is 9.59 Å². The molecule has 0 saturated heterocycles. The van der Waals surface area contributed by atoms with Crippen LogP contribution in [-0.2, 0) is 9.59 Å². The fourth-order valence-electron chi connectivity index (χ4n) is 1.65. The summed E-state index contributed by atoms with van der Waals surface area (Å²) in [5.41, 5.74) is 0.661. The third-order valence-corrected chi connectivity index (χ3v) is 2.68. The molecule has 0 fully saturated rings. The van der Waals surface area contributed by atoms with Crippen molar-refractivity contribution in [2.24, 2.45) is 0 Å². The summed E-state index contributed by atoms with van der Waals surface area (Å²) in [6, 6.07) is 3.45. The average molecular weight is 279 g/mol. The molecule has 2 amide bonds. The van der Waals surface area contributed by atoms with E-state index in [-0.39, 0.29) is 11.8 Å². The number of ether oxygens (including phenoxy) is 1. The van der Waals surface area contributed by atoms with E-state index >= 15 is 0 Å². The van der Waals surface area contributed by atoms with E-state index in [1.54, 1.807) is 25.4 Å². The van der Waals surface area contributed by atoms with Crippen molar-refractivity contribution >= 4 is 17.5 Å². The number of methoxy groups -OCH3 is 1. The molecule has 0 spiro atoms. The van der Waals surface area contributed by atoms with Gasteiger partial charge in [0.05, 0.1) is 19.0 Å². The summed E-state index contributed by atoms with van der Waals surface area (Å²) in [5.74, 6) is 0.465. The monoisotopic (exact) mass is 279 g/mol. The van der Waals surface area contributed by atoms with Gasteiger partial charge < -0.3 is 15.4 Å². The Bertz CT molecular complexity index is 432. The number of carbonyl (C=O) groups is 2. The van der Waals surface area contributed by atoms with Crippen LogP contribution in [0.25, 0.3) is 0 Å². The number of anilines is 1. The lowest BCUT2D eigenvalue weighted by Gasteiger charge is -2.06. The van der Waals surface area contributed by atoms with Crippen molar-refractivity contribution in [1.29, 1.82) is 0 Å². The Morgan fingerprint density at radius 2 is 2.05 bits per heavy atom. The Labute approximate surface area is 118 Å². The zero-order valence-corrected chi connectivity index (χ0v) is 11.9. The number of hydrogen-bond donors (Lipinski definition) is 2. The molecule has 0 aliphatic rings. The maximum absolute atomic E-state index is 11.7. The summed E-state index contributed by atoms with van der Waals surface area (Å²) in [6.45, 7) is 2.16. The number of hydrogen-bond acceptors (Lipinski definition) is 4. The van der Waals surface area contributed by atoms with E-state index in [0.717, 1.165) is 19.3 Å². The first kappa shape index (κ1) is 15.9. The molecule has 1 aromatic rings. The molecule has 0 saturated carbocycles. The molecule has 2 N–H and O–H groups in total. The van der Waals surface area contributed by atoms with Gasteiger partial charge >= 0.3 is 0 Å². The molecule has 0 radical (unpaired) electrons. The zero-order valence-electron chi connectivity index (χ0n) is 11.9. The molecule has 0 bridgehead atoms. The van der Waals surface area contributed by atoms with Gasteiger partial charge in [-0.2, -0.15) is 0 Å². The minimum absolute atomic E-state index is 0.0188. The predicted octanol–water partition coefficient (Wildman–Crippen LogP) is 1.73. The van der Waals surface area contributed by atoms with Gasteiger partial charge in [0.2, 0.25) is 17.7 Å². The highest BCUT2D eigenvalue weighted by atomic mass is 16.5. The topological polar surface area (TPSA) is 80.3 Å². The van der Waals surface area contributed by atoms with Gasteiger partial charge in [0, 0.05) is 26.0 Å². The average Bonchev–Trinajstić information content (AvgIpc) is 2.43. The van der Waals surface area contributed by atoms with Crippen LogP contribution in [0.4, 0.5) is 5.69 Å². The van der Waals surface area contributed by atoms with Gasteiger partial charge in [0.25, 0.3) is 0 Å². The second kappa shape index (κ2) is 8.90. The third kappa shape index (κ3) is 6.72. The van der Waals surface area contributed by atoms with Crippen LogP contribution in [0.1, 0.15) is 32.6 Å². The summed E-state index contributed by atoms with van der Waals surface area (Å²) in [5, 5.41) is 5.50. The Hall–Kier alpha value is -2.11. The van der Waals surface area contributed by atoms with Crippen LogP contribution < -0.4 is 15.4 Å². The fourth-order valence-corrected chi connectivity index (χ4v) is 1.65. The summed E-state index contributed by atoms with van der Waals surface area (Å²) in [4.78, 5) is 26.3. The minimum Gasteiger partial charge on any atom is -0.481 e.